The summed E-state index contributed by atoms with van der Waals surface area (Å²) in [6.45, 7) is 2.17. The molecule has 0 aliphatic rings. The van der Waals surface area contributed by atoms with E-state index >= 15 is 0 Å². The molecular formula is C10H15NO3S. The van der Waals surface area contributed by atoms with Crippen molar-refractivity contribution in [3.63, 3.8) is 0 Å². The fourth-order valence-corrected chi connectivity index (χ4v) is 1.99. The van der Waals surface area contributed by atoms with E-state index in [1.807, 2.05) is 0 Å². The second-order valence-corrected chi connectivity index (χ2v) is 4.30. The Kier molecular flexibility index (Phi) is 5.25. The Morgan fingerprint density at radius 2 is 2.40 bits per heavy atom. The number of nitrogens with zero attached hydrogens (tertiary/aromatic N) is 1. The standard InChI is InChI=1S/C10H15NO3S/c1-2-3-4-5-15-7-8-6-11-9(14-8)10(12)13/h6H,2-5,7H2,1H3,(H,12,13). The number of hydrogen-bond acceptors (Lipinski definition) is 4. The quantitative estimate of drug-likeness (QED) is 0.728. The van der Waals surface area contributed by atoms with Crippen LogP contribution in [0.1, 0.15) is 42.6 Å². The molecule has 0 fully saturated rings. The van der Waals surface area contributed by atoms with E-state index in [1.54, 1.807) is 11.8 Å². The van der Waals surface area contributed by atoms with Gasteiger partial charge in [0, 0.05) is 0 Å². The fraction of sp³-hybridized carbons (Fsp3) is 0.600. The van der Waals surface area contributed by atoms with Gasteiger partial charge in [0.05, 0.1) is 11.9 Å². The van der Waals surface area contributed by atoms with Crippen molar-refractivity contribution in [2.75, 3.05) is 5.75 Å². The van der Waals surface area contributed by atoms with Crippen LogP contribution >= 0.6 is 11.8 Å². The Morgan fingerprint density at radius 1 is 1.60 bits per heavy atom. The smallest absolute Gasteiger partial charge is 0.392 e. The number of aromatic carboxylic acids is 1. The Morgan fingerprint density at radius 3 is 3.00 bits per heavy atom. The first-order valence-corrected chi connectivity index (χ1v) is 6.15. The topological polar surface area (TPSA) is 63.3 Å². The highest BCUT2D eigenvalue weighted by Crippen LogP contribution is 2.15. The summed E-state index contributed by atoms with van der Waals surface area (Å²) in [5.74, 6) is 1.08. The summed E-state index contributed by atoms with van der Waals surface area (Å²) in [6, 6.07) is 0. The molecule has 0 unspecified atom stereocenters. The number of carboxylic acids is 1. The Bertz CT molecular complexity index is 311. The van der Waals surface area contributed by atoms with Crippen LogP contribution in [0.25, 0.3) is 0 Å². The Labute approximate surface area is 93.1 Å². The van der Waals surface area contributed by atoms with Crippen LogP contribution in [0.15, 0.2) is 10.6 Å². The Balaban J connectivity index is 2.23. The monoisotopic (exact) mass is 229 g/mol. The molecule has 0 aromatic carbocycles. The lowest BCUT2D eigenvalue weighted by Gasteiger charge is -1.97. The van der Waals surface area contributed by atoms with Gasteiger partial charge >= 0.3 is 11.9 Å². The van der Waals surface area contributed by atoms with Gasteiger partial charge in [-0.25, -0.2) is 9.78 Å². The summed E-state index contributed by atoms with van der Waals surface area (Å²) in [5.41, 5.74) is 0. The first-order valence-electron chi connectivity index (χ1n) is 4.99. The van der Waals surface area contributed by atoms with E-state index in [2.05, 4.69) is 11.9 Å². The van der Waals surface area contributed by atoms with Gasteiger partial charge in [0.1, 0.15) is 5.76 Å². The Hall–Kier alpha value is -0.970. The molecule has 1 N–H and O–H groups in total. The highest BCUT2D eigenvalue weighted by atomic mass is 32.2. The van der Waals surface area contributed by atoms with Gasteiger partial charge in [-0.1, -0.05) is 19.8 Å². The van der Waals surface area contributed by atoms with Gasteiger partial charge in [-0.15, -0.1) is 0 Å². The van der Waals surface area contributed by atoms with Crippen LogP contribution in [-0.4, -0.2) is 21.8 Å². The lowest BCUT2D eigenvalue weighted by molar-refractivity contribution is 0.0652. The first-order chi connectivity index (χ1) is 7.24. The number of unbranched alkanes of at least 4 members (excludes halogenated alkanes) is 2. The van der Waals surface area contributed by atoms with Crippen molar-refractivity contribution in [3.05, 3.63) is 17.8 Å². The highest BCUT2D eigenvalue weighted by molar-refractivity contribution is 7.98. The van der Waals surface area contributed by atoms with Gasteiger partial charge in [-0.05, 0) is 12.2 Å². The minimum absolute atomic E-state index is 0.223. The van der Waals surface area contributed by atoms with Crippen molar-refractivity contribution < 1.29 is 14.3 Å². The van der Waals surface area contributed by atoms with E-state index in [4.69, 9.17) is 9.52 Å². The summed E-state index contributed by atoms with van der Waals surface area (Å²) in [6.07, 6.45) is 5.13. The van der Waals surface area contributed by atoms with E-state index in [1.165, 1.54) is 25.5 Å². The van der Waals surface area contributed by atoms with Crippen molar-refractivity contribution in [1.29, 1.82) is 0 Å². The SMILES string of the molecule is CCCCCSCc1cnc(C(=O)O)o1. The van der Waals surface area contributed by atoms with Crippen LogP contribution in [-0.2, 0) is 5.75 Å². The van der Waals surface area contributed by atoms with Crippen LogP contribution in [0, 0.1) is 0 Å². The number of thioether (sulfide) groups is 1. The van der Waals surface area contributed by atoms with E-state index in [0.29, 0.717) is 11.5 Å². The highest BCUT2D eigenvalue weighted by Gasteiger charge is 2.10. The molecule has 0 amide bonds. The minimum atomic E-state index is -1.11. The predicted molar refractivity (Wildman–Crippen MR) is 59.1 cm³/mol. The third kappa shape index (κ3) is 4.38. The molecule has 0 saturated heterocycles. The molecule has 0 aliphatic heterocycles. The van der Waals surface area contributed by atoms with Crippen LogP contribution in [0.3, 0.4) is 0 Å². The lowest BCUT2D eigenvalue weighted by atomic mass is 10.3. The second kappa shape index (κ2) is 6.50. The van der Waals surface area contributed by atoms with Gasteiger partial charge < -0.3 is 9.52 Å². The normalized spacial score (nSPS) is 10.5. The molecule has 0 saturated carbocycles. The largest absolute Gasteiger partial charge is 0.474 e. The van der Waals surface area contributed by atoms with Gasteiger partial charge in [0.15, 0.2) is 0 Å². The number of oxazole rings is 1. The molecule has 1 aromatic heterocycles. The number of rotatable bonds is 7. The van der Waals surface area contributed by atoms with E-state index in [0.717, 1.165) is 5.75 Å². The molecule has 0 bridgehead atoms. The van der Waals surface area contributed by atoms with Crippen molar-refractivity contribution in [2.45, 2.75) is 31.9 Å². The zero-order valence-electron chi connectivity index (χ0n) is 8.73. The maximum atomic E-state index is 10.5. The maximum absolute atomic E-state index is 10.5. The summed E-state index contributed by atoms with van der Waals surface area (Å²) in [5, 5.41) is 8.58. The summed E-state index contributed by atoms with van der Waals surface area (Å²) < 4.78 is 5.02. The zero-order valence-corrected chi connectivity index (χ0v) is 9.55. The first kappa shape index (κ1) is 12.1. The second-order valence-electron chi connectivity index (χ2n) is 3.20. The number of aromatic nitrogens is 1. The molecule has 1 aromatic rings. The summed E-state index contributed by atoms with van der Waals surface area (Å²) in [4.78, 5) is 14.1. The van der Waals surface area contributed by atoms with E-state index in [-0.39, 0.29) is 5.89 Å². The van der Waals surface area contributed by atoms with E-state index in [9.17, 15) is 4.79 Å². The molecule has 0 spiro atoms. The molecule has 1 heterocycles. The lowest BCUT2D eigenvalue weighted by Crippen LogP contribution is -1.94. The van der Waals surface area contributed by atoms with Gasteiger partial charge in [-0.3, -0.25) is 0 Å². The van der Waals surface area contributed by atoms with Crippen LogP contribution in [0.5, 0.6) is 0 Å². The van der Waals surface area contributed by atoms with Crippen LogP contribution in [0.4, 0.5) is 0 Å². The third-order valence-corrected chi connectivity index (χ3v) is 2.94. The summed E-state index contributed by atoms with van der Waals surface area (Å²) >= 11 is 1.74. The van der Waals surface area contributed by atoms with Crippen molar-refractivity contribution in [1.82, 2.24) is 4.98 Å². The molecule has 0 atom stereocenters. The molecule has 5 heteroatoms. The van der Waals surface area contributed by atoms with Gasteiger partial charge in [0.25, 0.3) is 0 Å². The van der Waals surface area contributed by atoms with Gasteiger partial charge in [-0.2, -0.15) is 11.8 Å². The summed E-state index contributed by atoms with van der Waals surface area (Å²) in [7, 11) is 0. The van der Waals surface area contributed by atoms with Crippen molar-refractivity contribution in [2.24, 2.45) is 0 Å². The molecule has 0 aliphatic carbocycles. The minimum Gasteiger partial charge on any atom is -0.474 e. The third-order valence-electron chi connectivity index (χ3n) is 1.87. The predicted octanol–water partition coefficient (Wildman–Crippen LogP) is 2.80. The average molecular weight is 229 g/mol. The molecule has 84 valence electrons. The molecule has 0 radical (unpaired) electrons. The van der Waals surface area contributed by atoms with Crippen molar-refractivity contribution in [3.8, 4) is 0 Å². The fourth-order valence-electron chi connectivity index (χ4n) is 1.10. The number of hydrogen-bond donors (Lipinski definition) is 1. The van der Waals surface area contributed by atoms with Gasteiger partial charge in [0.2, 0.25) is 0 Å². The van der Waals surface area contributed by atoms with Crippen molar-refractivity contribution >= 4 is 17.7 Å². The molecule has 4 nitrogen and oxygen atoms in total. The average Bonchev–Trinajstić information content (AvgIpc) is 2.66. The zero-order chi connectivity index (χ0) is 11.1. The van der Waals surface area contributed by atoms with Crippen LogP contribution < -0.4 is 0 Å². The maximum Gasteiger partial charge on any atom is 0.392 e. The number of carboxylic acid groups (broad SMARTS) is 1. The molecule has 15 heavy (non-hydrogen) atoms. The molecule has 1 rings (SSSR count). The van der Waals surface area contributed by atoms with E-state index < -0.39 is 5.97 Å². The molecular weight excluding hydrogens is 214 g/mol. The number of carbonyl (C=O) groups is 1. The van der Waals surface area contributed by atoms with Crippen LogP contribution in [0.2, 0.25) is 0 Å².